The van der Waals surface area contributed by atoms with Crippen LogP contribution in [0.3, 0.4) is 0 Å². The van der Waals surface area contributed by atoms with Gasteiger partial charge in [-0.25, -0.2) is 0 Å². The van der Waals surface area contributed by atoms with E-state index in [2.05, 4.69) is 12.2 Å². The normalized spacial score (nSPS) is 26.4. The third kappa shape index (κ3) is 2.98. The maximum atomic E-state index is 11.7. The van der Waals surface area contributed by atoms with E-state index in [-0.39, 0.29) is 11.8 Å². The molecule has 2 atom stereocenters. The van der Waals surface area contributed by atoms with Crippen LogP contribution in [0.1, 0.15) is 39.0 Å². The van der Waals surface area contributed by atoms with Crippen LogP contribution in [-0.2, 0) is 4.79 Å². The molecule has 1 fully saturated rings. The Morgan fingerprint density at radius 3 is 2.93 bits per heavy atom. The van der Waals surface area contributed by atoms with Crippen LogP contribution in [-0.4, -0.2) is 19.0 Å². The minimum atomic E-state index is 0.192. The minimum absolute atomic E-state index is 0.192. The third-order valence-corrected chi connectivity index (χ3v) is 3.13. The van der Waals surface area contributed by atoms with Gasteiger partial charge >= 0.3 is 0 Å². The summed E-state index contributed by atoms with van der Waals surface area (Å²) < 4.78 is 0. The molecule has 0 aromatic carbocycles. The van der Waals surface area contributed by atoms with Crippen molar-refractivity contribution in [3.63, 3.8) is 0 Å². The number of unbranched alkanes of at least 4 members (excludes halogenated alkanes) is 1. The van der Waals surface area contributed by atoms with Crippen LogP contribution in [0.2, 0.25) is 0 Å². The largest absolute Gasteiger partial charge is 0.356 e. The van der Waals surface area contributed by atoms with Crippen LogP contribution in [0.15, 0.2) is 0 Å². The van der Waals surface area contributed by atoms with E-state index in [1.165, 1.54) is 0 Å². The summed E-state index contributed by atoms with van der Waals surface area (Å²) in [4.78, 5) is 11.7. The van der Waals surface area contributed by atoms with Crippen molar-refractivity contribution in [2.24, 2.45) is 17.6 Å². The minimum Gasteiger partial charge on any atom is -0.356 e. The van der Waals surface area contributed by atoms with Crippen LogP contribution < -0.4 is 11.1 Å². The molecular weight excluding hydrogens is 176 g/mol. The second kappa shape index (κ2) is 6.02. The molecule has 0 heterocycles. The van der Waals surface area contributed by atoms with E-state index in [4.69, 9.17) is 5.73 Å². The summed E-state index contributed by atoms with van der Waals surface area (Å²) in [5.41, 5.74) is 5.64. The number of nitrogens with one attached hydrogen (secondary N) is 1. The number of hydrogen-bond donors (Lipinski definition) is 2. The number of hydrogen-bond acceptors (Lipinski definition) is 2. The molecule has 0 aliphatic heterocycles. The van der Waals surface area contributed by atoms with Crippen LogP contribution in [0.4, 0.5) is 0 Å². The van der Waals surface area contributed by atoms with E-state index in [1.807, 2.05) is 0 Å². The fourth-order valence-electron chi connectivity index (χ4n) is 2.18. The average molecular weight is 198 g/mol. The average Bonchev–Trinajstić information content (AvgIpc) is 2.65. The van der Waals surface area contributed by atoms with Crippen molar-refractivity contribution in [2.45, 2.75) is 39.0 Å². The van der Waals surface area contributed by atoms with Gasteiger partial charge in [0.05, 0.1) is 0 Å². The first-order chi connectivity index (χ1) is 6.79. The molecule has 0 aromatic rings. The zero-order valence-corrected chi connectivity index (χ0v) is 9.09. The second-order valence-corrected chi connectivity index (χ2v) is 4.18. The van der Waals surface area contributed by atoms with Gasteiger partial charge in [-0.1, -0.05) is 19.8 Å². The molecule has 0 aromatic heterocycles. The molecule has 1 amide bonds. The fourth-order valence-corrected chi connectivity index (χ4v) is 2.18. The highest BCUT2D eigenvalue weighted by Crippen LogP contribution is 2.30. The molecule has 0 spiro atoms. The van der Waals surface area contributed by atoms with Gasteiger partial charge in [0.25, 0.3) is 0 Å². The summed E-state index contributed by atoms with van der Waals surface area (Å²) >= 11 is 0. The Bertz CT molecular complexity index is 182. The van der Waals surface area contributed by atoms with Crippen molar-refractivity contribution in [3.8, 4) is 0 Å². The highest BCUT2D eigenvalue weighted by molar-refractivity contribution is 5.79. The van der Waals surface area contributed by atoms with Crippen molar-refractivity contribution in [1.29, 1.82) is 0 Å². The quantitative estimate of drug-likeness (QED) is 0.654. The molecule has 2 unspecified atom stereocenters. The monoisotopic (exact) mass is 198 g/mol. The Morgan fingerprint density at radius 1 is 1.50 bits per heavy atom. The number of carbonyl (C=O) groups is 1. The number of amides is 1. The molecule has 3 heteroatoms. The molecular formula is C11H22N2O. The van der Waals surface area contributed by atoms with Crippen molar-refractivity contribution >= 4 is 5.91 Å². The van der Waals surface area contributed by atoms with E-state index < -0.39 is 0 Å². The highest BCUT2D eigenvalue weighted by Gasteiger charge is 2.31. The summed E-state index contributed by atoms with van der Waals surface area (Å²) in [6.45, 7) is 3.61. The zero-order valence-electron chi connectivity index (χ0n) is 9.09. The van der Waals surface area contributed by atoms with Gasteiger partial charge < -0.3 is 11.1 Å². The maximum absolute atomic E-state index is 11.7. The van der Waals surface area contributed by atoms with Crippen LogP contribution >= 0.6 is 0 Å². The van der Waals surface area contributed by atoms with Gasteiger partial charge in [-0.05, 0) is 31.7 Å². The van der Waals surface area contributed by atoms with Crippen LogP contribution in [0.25, 0.3) is 0 Å². The lowest BCUT2D eigenvalue weighted by molar-refractivity contribution is -0.125. The summed E-state index contributed by atoms with van der Waals surface area (Å²) in [5, 5.41) is 3.00. The Kier molecular flexibility index (Phi) is 4.94. The smallest absolute Gasteiger partial charge is 0.223 e. The standard InChI is InChI=1S/C11H22N2O/c1-2-3-7-13-11(14)10-6-4-5-9(10)8-12/h9-10H,2-8,12H2,1H3,(H,13,14). The van der Waals surface area contributed by atoms with Crippen LogP contribution in [0, 0.1) is 11.8 Å². The molecule has 82 valence electrons. The number of rotatable bonds is 5. The summed E-state index contributed by atoms with van der Waals surface area (Å²) in [5.74, 6) is 0.847. The van der Waals surface area contributed by atoms with Gasteiger partial charge in [0, 0.05) is 12.5 Å². The first-order valence-corrected chi connectivity index (χ1v) is 5.77. The summed E-state index contributed by atoms with van der Waals surface area (Å²) in [7, 11) is 0. The SMILES string of the molecule is CCCCNC(=O)C1CCCC1CN. The topological polar surface area (TPSA) is 55.1 Å². The third-order valence-electron chi connectivity index (χ3n) is 3.13. The maximum Gasteiger partial charge on any atom is 0.223 e. The van der Waals surface area contributed by atoms with Gasteiger partial charge in [0.1, 0.15) is 0 Å². The Labute approximate surface area is 86.4 Å². The first-order valence-electron chi connectivity index (χ1n) is 5.77. The van der Waals surface area contributed by atoms with Crippen molar-refractivity contribution in [1.82, 2.24) is 5.32 Å². The van der Waals surface area contributed by atoms with E-state index in [9.17, 15) is 4.79 Å². The van der Waals surface area contributed by atoms with Crippen LogP contribution in [0.5, 0.6) is 0 Å². The first kappa shape index (κ1) is 11.5. The summed E-state index contributed by atoms with van der Waals surface area (Å²) in [6.07, 6.45) is 5.52. The highest BCUT2D eigenvalue weighted by atomic mass is 16.1. The molecule has 0 bridgehead atoms. The van der Waals surface area contributed by atoms with E-state index in [1.54, 1.807) is 0 Å². The lowest BCUT2D eigenvalue weighted by Gasteiger charge is -2.17. The molecule has 0 radical (unpaired) electrons. The number of nitrogens with two attached hydrogens (primary N) is 1. The molecule has 14 heavy (non-hydrogen) atoms. The Balaban J connectivity index is 2.28. The molecule has 1 aliphatic carbocycles. The van der Waals surface area contributed by atoms with Gasteiger partial charge in [0.2, 0.25) is 5.91 Å². The van der Waals surface area contributed by atoms with Gasteiger partial charge in [-0.15, -0.1) is 0 Å². The van der Waals surface area contributed by atoms with Gasteiger partial charge in [-0.2, -0.15) is 0 Å². The Morgan fingerprint density at radius 2 is 2.29 bits per heavy atom. The molecule has 1 aliphatic rings. The zero-order chi connectivity index (χ0) is 10.4. The van der Waals surface area contributed by atoms with Crippen molar-refractivity contribution in [2.75, 3.05) is 13.1 Å². The van der Waals surface area contributed by atoms with E-state index in [0.29, 0.717) is 12.5 Å². The fraction of sp³-hybridized carbons (Fsp3) is 0.909. The molecule has 1 saturated carbocycles. The lowest BCUT2D eigenvalue weighted by atomic mass is 9.95. The van der Waals surface area contributed by atoms with Gasteiger partial charge in [0.15, 0.2) is 0 Å². The van der Waals surface area contributed by atoms with Crippen molar-refractivity contribution < 1.29 is 4.79 Å². The summed E-state index contributed by atoms with van der Waals surface area (Å²) in [6, 6.07) is 0. The lowest BCUT2D eigenvalue weighted by Crippen LogP contribution is -2.35. The molecule has 1 rings (SSSR count). The second-order valence-electron chi connectivity index (χ2n) is 4.18. The van der Waals surface area contributed by atoms with E-state index in [0.717, 1.165) is 38.6 Å². The molecule has 3 nitrogen and oxygen atoms in total. The Hall–Kier alpha value is -0.570. The molecule has 3 N–H and O–H groups in total. The number of carbonyl (C=O) groups excluding carboxylic acids is 1. The van der Waals surface area contributed by atoms with E-state index >= 15 is 0 Å². The molecule has 0 saturated heterocycles. The predicted molar refractivity (Wildman–Crippen MR) is 57.8 cm³/mol. The van der Waals surface area contributed by atoms with Crippen molar-refractivity contribution in [3.05, 3.63) is 0 Å². The predicted octanol–water partition coefficient (Wildman–Crippen LogP) is 1.28. The van der Waals surface area contributed by atoms with Gasteiger partial charge in [-0.3, -0.25) is 4.79 Å².